The number of rotatable bonds is 4. The number of piperidine rings is 1. The van der Waals surface area contributed by atoms with Crippen LogP contribution >= 0.6 is 0 Å². The van der Waals surface area contributed by atoms with E-state index in [-0.39, 0.29) is 6.10 Å². The standard InChI is InChI=1S/C17H23NO2/c1-13(19)10-15-7-4-5-9-18(15)12-16-11-14-6-2-3-8-17(14)20-16/h2-3,6,8,15-16H,4-5,7,9-12H2,1H3. The highest BCUT2D eigenvalue weighted by molar-refractivity contribution is 5.76. The van der Waals surface area contributed by atoms with Crippen LogP contribution in [0.5, 0.6) is 5.75 Å². The van der Waals surface area contributed by atoms with Crippen LogP contribution in [-0.4, -0.2) is 35.9 Å². The van der Waals surface area contributed by atoms with Gasteiger partial charge in [-0.25, -0.2) is 0 Å². The summed E-state index contributed by atoms with van der Waals surface area (Å²) in [5, 5.41) is 0. The number of ketones is 1. The maximum absolute atomic E-state index is 11.4. The second-order valence-electron chi connectivity index (χ2n) is 6.10. The van der Waals surface area contributed by atoms with Crippen LogP contribution < -0.4 is 4.74 Å². The van der Waals surface area contributed by atoms with Crippen LogP contribution in [0.15, 0.2) is 24.3 Å². The molecule has 2 atom stereocenters. The lowest BCUT2D eigenvalue weighted by atomic mass is 9.97. The van der Waals surface area contributed by atoms with Crippen molar-refractivity contribution in [3.05, 3.63) is 29.8 Å². The van der Waals surface area contributed by atoms with Gasteiger partial charge in [-0.3, -0.25) is 9.69 Å². The molecule has 3 rings (SSSR count). The van der Waals surface area contributed by atoms with E-state index in [2.05, 4.69) is 23.1 Å². The van der Waals surface area contributed by atoms with Gasteiger partial charge < -0.3 is 4.74 Å². The third-order valence-corrected chi connectivity index (χ3v) is 4.42. The molecule has 108 valence electrons. The molecule has 0 saturated carbocycles. The number of benzene rings is 1. The Balaban J connectivity index is 1.61. The van der Waals surface area contributed by atoms with E-state index in [1.165, 1.54) is 18.4 Å². The Kier molecular flexibility index (Phi) is 4.06. The SMILES string of the molecule is CC(=O)CC1CCCCN1CC1Cc2ccccc2O1. The van der Waals surface area contributed by atoms with Crippen LogP contribution in [0.2, 0.25) is 0 Å². The lowest BCUT2D eigenvalue weighted by molar-refractivity contribution is -0.118. The van der Waals surface area contributed by atoms with Crippen LogP contribution in [-0.2, 0) is 11.2 Å². The Morgan fingerprint density at radius 3 is 3.00 bits per heavy atom. The van der Waals surface area contributed by atoms with Crippen molar-refractivity contribution in [1.29, 1.82) is 0 Å². The predicted octanol–water partition coefficient (Wildman–Crippen LogP) is 2.82. The van der Waals surface area contributed by atoms with Crippen LogP contribution in [0.4, 0.5) is 0 Å². The second kappa shape index (κ2) is 5.96. The smallest absolute Gasteiger partial charge is 0.131 e. The summed E-state index contributed by atoms with van der Waals surface area (Å²) in [4.78, 5) is 13.9. The molecule has 20 heavy (non-hydrogen) atoms. The Hall–Kier alpha value is -1.35. The number of fused-ring (bicyclic) bond motifs is 1. The first kappa shape index (κ1) is 13.6. The summed E-state index contributed by atoms with van der Waals surface area (Å²) in [7, 11) is 0. The van der Waals surface area contributed by atoms with Gasteiger partial charge in [-0.2, -0.15) is 0 Å². The molecule has 0 aliphatic carbocycles. The topological polar surface area (TPSA) is 29.5 Å². The van der Waals surface area contributed by atoms with Gasteiger partial charge in [0.05, 0.1) is 0 Å². The van der Waals surface area contributed by atoms with E-state index in [9.17, 15) is 4.79 Å². The molecule has 3 heteroatoms. The number of Topliss-reactive ketones (excluding diaryl/α,β-unsaturated/α-hetero) is 1. The summed E-state index contributed by atoms with van der Waals surface area (Å²) in [5.41, 5.74) is 1.32. The minimum absolute atomic E-state index is 0.250. The molecule has 0 aromatic heterocycles. The van der Waals surface area contributed by atoms with Gasteiger partial charge in [0, 0.05) is 25.4 Å². The molecule has 3 nitrogen and oxygen atoms in total. The third-order valence-electron chi connectivity index (χ3n) is 4.42. The van der Waals surface area contributed by atoms with E-state index in [1.807, 2.05) is 6.07 Å². The normalized spacial score (nSPS) is 26.1. The number of ether oxygens (including phenoxy) is 1. The molecule has 1 aromatic rings. The number of likely N-dealkylation sites (tertiary alicyclic amines) is 1. The van der Waals surface area contributed by atoms with Gasteiger partial charge in [0.15, 0.2) is 0 Å². The van der Waals surface area contributed by atoms with Crippen LogP contribution in [0, 0.1) is 0 Å². The van der Waals surface area contributed by atoms with Crippen molar-refractivity contribution in [3.63, 3.8) is 0 Å². The fourth-order valence-corrected chi connectivity index (χ4v) is 3.48. The molecule has 0 amide bonds. The number of carbonyl (C=O) groups is 1. The highest BCUT2D eigenvalue weighted by Crippen LogP contribution is 2.30. The van der Waals surface area contributed by atoms with Gasteiger partial charge in [-0.15, -0.1) is 0 Å². The zero-order chi connectivity index (χ0) is 13.9. The van der Waals surface area contributed by atoms with E-state index in [4.69, 9.17) is 4.74 Å². The van der Waals surface area contributed by atoms with Gasteiger partial charge in [0.2, 0.25) is 0 Å². The molecule has 0 spiro atoms. The average molecular weight is 273 g/mol. The van der Waals surface area contributed by atoms with Crippen LogP contribution in [0.25, 0.3) is 0 Å². The summed E-state index contributed by atoms with van der Waals surface area (Å²) in [6.07, 6.45) is 5.59. The summed E-state index contributed by atoms with van der Waals surface area (Å²) >= 11 is 0. The molecular formula is C17H23NO2. The van der Waals surface area contributed by atoms with E-state index in [1.54, 1.807) is 6.92 Å². The second-order valence-corrected chi connectivity index (χ2v) is 6.10. The first-order valence-corrected chi connectivity index (χ1v) is 7.70. The monoisotopic (exact) mass is 273 g/mol. The summed E-state index contributed by atoms with van der Waals surface area (Å²) < 4.78 is 6.04. The minimum Gasteiger partial charge on any atom is -0.488 e. The molecule has 0 bridgehead atoms. The van der Waals surface area contributed by atoms with Crippen molar-refractivity contribution in [2.75, 3.05) is 13.1 Å². The molecule has 0 radical (unpaired) electrons. The molecule has 2 aliphatic rings. The number of nitrogens with zero attached hydrogens (tertiary/aromatic N) is 1. The molecular weight excluding hydrogens is 250 g/mol. The van der Waals surface area contributed by atoms with Crippen LogP contribution in [0.1, 0.15) is 38.2 Å². The number of para-hydroxylation sites is 1. The molecule has 2 heterocycles. The maximum Gasteiger partial charge on any atom is 0.131 e. The number of carbonyl (C=O) groups excluding carboxylic acids is 1. The lowest BCUT2D eigenvalue weighted by Gasteiger charge is -2.36. The molecule has 1 saturated heterocycles. The van der Waals surface area contributed by atoms with Crippen molar-refractivity contribution >= 4 is 5.78 Å². The van der Waals surface area contributed by atoms with Crippen molar-refractivity contribution in [1.82, 2.24) is 4.90 Å². The zero-order valence-electron chi connectivity index (χ0n) is 12.2. The maximum atomic E-state index is 11.4. The zero-order valence-corrected chi connectivity index (χ0v) is 12.2. The van der Waals surface area contributed by atoms with Crippen molar-refractivity contribution < 1.29 is 9.53 Å². The number of hydrogen-bond donors (Lipinski definition) is 0. The largest absolute Gasteiger partial charge is 0.488 e. The van der Waals surface area contributed by atoms with Crippen molar-refractivity contribution in [3.8, 4) is 5.75 Å². The van der Waals surface area contributed by atoms with Crippen molar-refractivity contribution in [2.45, 2.75) is 51.2 Å². The molecule has 0 N–H and O–H groups in total. The average Bonchev–Trinajstić information content (AvgIpc) is 2.82. The van der Waals surface area contributed by atoms with Gasteiger partial charge in [0.1, 0.15) is 17.6 Å². The fourth-order valence-electron chi connectivity index (χ4n) is 3.48. The highest BCUT2D eigenvalue weighted by atomic mass is 16.5. The molecule has 2 aliphatic heterocycles. The summed E-state index contributed by atoms with van der Waals surface area (Å²) in [5.74, 6) is 1.34. The Bertz CT molecular complexity index is 461. The Labute approximate surface area is 120 Å². The van der Waals surface area contributed by atoms with E-state index in [0.29, 0.717) is 18.2 Å². The van der Waals surface area contributed by atoms with Gasteiger partial charge in [0.25, 0.3) is 0 Å². The van der Waals surface area contributed by atoms with E-state index in [0.717, 1.165) is 31.7 Å². The summed E-state index contributed by atoms with van der Waals surface area (Å²) in [6.45, 7) is 3.76. The first-order chi connectivity index (χ1) is 9.72. The lowest BCUT2D eigenvalue weighted by Crippen LogP contribution is -2.45. The third kappa shape index (κ3) is 3.04. The quantitative estimate of drug-likeness (QED) is 0.845. The highest BCUT2D eigenvalue weighted by Gasteiger charge is 2.29. The van der Waals surface area contributed by atoms with E-state index >= 15 is 0 Å². The Morgan fingerprint density at radius 1 is 1.35 bits per heavy atom. The predicted molar refractivity (Wildman–Crippen MR) is 79.1 cm³/mol. The van der Waals surface area contributed by atoms with Crippen molar-refractivity contribution in [2.24, 2.45) is 0 Å². The minimum atomic E-state index is 0.250. The first-order valence-electron chi connectivity index (χ1n) is 7.70. The summed E-state index contributed by atoms with van der Waals surface area (Å²) in [6, 6.07) is 8.73. The van der Waals surface area contributed by atoms with E-state index < -0.39 is 0 Å². The van der Waals surface area contributed by atoms with Crippen LogP contribution in [0.3, 0.4) is 0 Å². The molecule has 1 aromatic carbocycles. The molecule has 2 unspecified atom stereocenters. The molecule has 1 fully saturated rings. The van der Waals surface area contributed by atoms with Gasteiger partial charge >= 0.3 is 0 Å². The fraction of sp³-hybridized carbons (Fsp3) is 0.588. The Morgan fingerprint density at radius 2 is 2.20 bits per heavy atom. The van der Waals surface area contributed by atoms with Gasteiger partial charge in [-0.05, 0) is 37.9 Å². The number of hydrogen-bond acceptors (Lipinski definition) is 3. The van der Waals surface area contributed by atoms with Gasteiger partial charge in [-0.1, -0.05) is 24.6 Å².